The Kier molecular flexibility index (Phi) is 4.96. The van der Waals surface area contributed by atoms with E-state index >= 15 is 0 Å². The molecule has 0 saturated carbocycles. The fraction of sp³-hybridized carbons (Fsp3) is 0.769. The molecular formula is C13H19ClN4OS. The Labute approximate surface area is 128 Å². The highest BCUT2D eigenvalue weighted by atomic mass is 35.5. The zero-order valence-corrected chi connectivity index (χ0v) is 13.0. The van der Waals surface area contributed by atoms with Gasteiger partial charge >= 0.3 is 0 Å². The molecule has 0 amide bonds. The highest BCUT2D eigenvalue weighted by molar-refractivity contribution is 7.99. The van der Waals surface area contributed by atoms with Crippen LogP contribution in [0, 0.1) is 0 Å². The topological polar surface area (TPSA) is 51.1 Å². The van der Waals surface area contributed by atoms with Crippen LogP contribution in [-0.4, -0.2) is 46.5 Å². The summed E-state index contributed by atoms with van der Waals surface area (Å²) in [5.41, 5.74) is 0. The number of nitrogens with zero attached hydrogens (tertiary/aromatic N) is 4. The van der Waals surface area contributed by atoms with Crippen molar-refractivity contribution >= 4 is 29.3 Å². The fourth-order valence-electron chi connectivity index (χ4n) is 2.57. The van der Waals surface area contributed by atoms with E-state index in [2.05, 4.69) is 19.9 Å². The lowest BCUT2D eigenvalue weighted by molar-refractivity contribution is 0.129. The molecule has 20 heavy (non-hydrogen) atoms. The van der Waals surface area contributed by atoms with Crippen LogP contribution in [0.3, 0.4) is 0 Å². The molecule has 0 aromatic carbocycles. The van der Waals surface area contributed by atoms with Crippen molar-refractivity contribution in [2.75, 3.05) is 30.3 Å². The van der Waals surface area contributed by atoms with Crippen LogP contribution < -0.4 is 4.90 Å². The molecule has 0 spiro atoms. The van der Waals surface area contributed by atoms with E-state index in [0.717, 1.165) is 44.2 Å². The molecule has 2 aliphatic rings. The fourth-order valence-corrected chi connectivity index (χ4v) is 3.67. The zero-order chi connectivity index (χ0) is 13.8. The molecule has 0 N–H and O–H groups in total. The van der Waals surface area contributed by atoms with Crippen LogP contribution in [0.15, 0.2) is 5.16 Å². The molecule has 3 rings (SSSR count). The Morgan fingerprint density at radius 3 is 2.75 bits per heavy atom. The van der Waals surface area contributed by atoms with Gasteiger partial charge in [0.2, 0.25) is 11.2 Å². The quantitative estimate of drug-likeness (QED) is 0.797. The van der Waals surface area contributed by atoms with Gasteiger partial charge in [-0.2, -0.15) is 15.0 Å². The molecule has 0 radical (unpaired) electrons. The van der Waals surface area contributed by atoms with Crippen LogP contribution in [0.2, 0.25) is 5.28 Å². The van der Waals surface area contributed by atoms with Gasteiger partial charge in [0.25, 0.3) is 0 Å². The number of ether oxygens (including phenoxy) is 1. The van der Waals surface area contributed by atoms with Gasteiger partial charge in [-0.3, -0.25) is 0 Å². The monoisotopic (exact) mass is 314 g/mol. The Balaban J connectivity index is 1.65. The van der Waals surface area contributed by atoms with Gasteiger partial charge in [-0.25, -0.2) is 0 Å². The Hall–Kier alpha value is -0.590. The van der Waals surface area contributed by atoms with Crippen molar-refractivity contribution in [2.45, 2.75) is 43.4 Å². The van der Waals surface area contributed by atoms with Gasteiger partial charge in [0.05, 0.1) is 6.10 Å². The number of hydrogen-bond acceptors (Lipinski definition) is 6. The van der Waals surface area contributed by atoms with Crippen LogP contribution in [0.1, 0.15) is 32.1 Å². The molecule has 0 aliphatic carbocycles. The molecule has 5 nitrogen and oxygen atoms in total. The van der Waals surface area contributed by atoms with Crippen LogP contribution in [0.25, 0.3) is 0 Å². The molecule has 1 aromatic heterocycles. The van der Waals surface area contributed by atoms with Gasteiger partial charge in [-0.05, 0) is 43.7 Å². The second-order valence-electron chi connectivity index (χ2n) is 5.18. The van der Waals surface area contributed by atoms with Gasteiger partial charge in [0.15, 0.2) is 5.16 Å². The van der Waals surface area contributed by atoms with E-state index in [-0.39, 0.29) is 5.28 Å². The summed E-state index contributed by atoms with van der Waals surface area (Å²) in [6.45, 7) is 2.90. The van der Waals surface area contributed by atoms with Crippen LogP contribution in [-0.2, 0) is 4.74 Å². The van der Waals surface area contributed by atoms with E-state index in [1.165, 1.54) is 19.3 Å². The Bertz CT molecular complexity index is 450. The second kappa shape index (κ2) is 6.91. The molecule has 1 aromatic rings. The van der Waals surface area contributed by atoms with E-state index in [4.69, 9.17) is 16.3 Å². The van der Waals surface area contributed by atoms with Crippen molar-refractivity contribution in [3.8, 4) is 0 Å². The zero-order valence-electron chi connectivity index (χ0n) is 11.4. The number of aromatic nitrogens is 3. The third-order valence-electron chi connectivity index (χ3n) is 3.64. The van der Waals surface area contributed by atoms with E-state index in [1.807, 2.05) is 0 Å². The molecule has 110 valence electrons. The molecule has 7 heteroatoms. The molecule has 2 saturated heterocycles. The van der Waals surface area contributed by atoms with Gasteiger partial charge in [0.1, 0.15) is 0 Å². The molecule has 1 unspecified atom stereocenters. The SMILES string of the molecule is Clc1nc(SCC2CCCO2)nc(N2CCCCC2)n1. The first-order chi connectivity index (χ1) is 9.81. The summed E-state index contributed by atoms with van der Waals surface area (Å²) >= 11 is 7.64. The lowest BCUT2D eigenvalue weighted by Crippen LogP contribution is -2.31. The predicted octanol–water partition coefficient (Wildman–Crippen LogP) is 2.79. The van der Waals surface area contributed by atoms with Crippen LogP contribution in [0.4, 0.5) is 5.95 Å². The average Bonchev–Trinajstić information content (AvgIpc) is 2.99. The number of anilines is 1. The smallest absolute Gasteiger partial charge is 0.230 e. The summed E-state index contributed by atoms with van der Waals surface area (Å²) in [5, 5.41) is 0.997. The third-order valence-corrected chi connectivity index (χ3v) is 4.79. The Morgan fingerprint density at radius 1 is 1.15 bits per heavy atom. The number of rotatable bonds is 4. The van der Waals surface area contributed by atoms with Gasteiger partial charge < -0.3 is 9.64 Å². The summed E-state index contributed by atoms with van der Waals surface area (Å²) in [5.74, 6) is 1.61. The normalized spacial score (nSPS) is 23.2. The molecule has 0 bridgehead atoms. The van der Waals surface area contributed by atoms with Crippen molar-refractivity contribution in [1.29, 1.82) is 0 Å². The largest absolute Gasteiger partial charge is 0.377 e. The Morgan fingerprint density at radius 2 is 2.00 bits per heavy atom. The maximum atomic E-state index is 6.03. The van der Waals surface area contributed by atoms with Gasteiger partial charge in [0, 0.05) is 25.4 Å². The first kappa shape index (κ1) is 14.4. The summed E-state index contributed by atoms with van der Waals surface area (Å²) in [4.78, 5) is 15.2. The number of hydrogen-bond donors (Lipinski definition) is 0. The molecule has 2 fully saturated rings. The summed E-state index contributed by atoms with van der Waals surface area (Å²) in [7, 11) is 0. The second-order valence-corrected chi connectivity index (χ2v) is 6.51. The van der Waals surface area contributed by atoms with Gasteiger partial charge in [-0.15, -0.1) is 0 Å². The number of halogens is 1. The van der Waals surface area contributed by atoms with Crippen LogP contribution >= 0.6 is 23.4 Å². The minimum Gasteiger partial charge on any atom is -0.377 e. The minimum absolute atomic E-state index is 0.287. The standard InChI is InChI=1S/C13H19ClN4OS/c14-11-15-12(18-6-2-1-3-7-18)17-13(16-11)20-9-10-5-4-8-19-10/h10H,1-9H2. The van der Waals surface area contributed by atoms with Crippen LogP contribution in [0.5, 0.6) is 0 Å². The van der Waals surface area contributed by atoms with E-state index in [9.17, 15) is 0 Å². The predicted molar refractivity (Wildman–Crippen MR) is 80.6 cm³/mol. The lowest BCUT2D eigenvalue weighted by atomic mass is 10.1. The maximum Gasteiger partial charge on any atom is 0.230 e. The third kappa shape index (κ3) is 3.74. The van der Waals surface area contributed by atoms with E-state index < -0.39 is 0 Å². The van der Waals surface area contributed by atoms with E-state index in [1.54, 1.807) is 11.8 Å². The van der Waals surface area contributed by atoms with E-state index in [0.29, 0.717) is 11.3 Å². The maximum absolute atomic E-state index is 6.03. The summed E-state index contributed by atoms with van der Waals surface area (Å²) < 4.78 is 5.62. The first-order valence-electron chi connectivity index (χ1n) is 7.22. The highest BCUT2D eigenvalue weighted by Gasteiger charge is 2.19. The number of piperidine rings is 1. The molecular weight excluding hydrogens is 296 g/mol. The summed E-state index contributed by atoms with van der Waals surface area (Å²) in [6.07, 6.45) is 6.29. The van der Waals surface area contributed by atoms with Crippen molar-refractivity contribution in [3.05, 3.63) is 5.28 Å². The minimum atomic E-state index is 0.287. The molecule has 1 atom stereocenters. The lowest BCUT2D eigenvalue weighted by Gasteiger charge is -2.26. The highest BCUT2D eigenvalue weighted by Crippen LogP contribution is 2.24. The summed E-state index contributed by atoms with van der Waals surface area (Å²) in [6, 6.07) is 0. The van der Waals surface area contributed by atoms with Gasteiger partial charge in [-0.1, -0.05) is 11.8 Å². The van der Waals surface area contributed by atoms with Crippen molar-refractivity contribution < 1.29 is 4.74 Å². The average molecular weight is 315 g/mol. The first-order valence-corrected chi connectivity index (χ1v) is 8.58. The van der Waals surface area contributed by atoms with Crippen molar-refractivity contribution in [3.63, 3.8) is 0 Å². The molecule has 3 heterocycles. The van der Waals surface area contributed by atoms with Crippen molar-refractivity contribution in [2.24, 2.45) is 0 Å². The molecule has 2 aliphatic heterocycles. The van der Waals surface area contributed by atoms with Crippen molar-refractivity contribution in [1.82, 2.24) is 15.0 Å². The number of thioether (sulfide) groups is 1.